The van der Waals surface area contributed by atoms with Crippen molar-refractivity contribution in [1.29, 1.82) is 0 Å². The summed E-state index contributed by atoms with van der Waals surface area (Å²) in [7, 11) is 3.75. The number of methoxy groups -OCH3 is 1. The van der Waals surface area contributed by atoms with Crippen LogP contribution in [0.4, 0.5) is 0 Å². The smallest absolute Gasteiger partial charge is 0.122 e. The van der Waals surface area contributed by atoms with E-state index in [0.29, 0.717) is 0 Å². The van der Waals surface area contributed by atoms with Crippen molar-refractivity contribution in [1.82, 2.24) is 5.32 Å². The summed E-state index contributed by atoms with van der Waals surface area (Å²) in [5.74, 6) is 0.989. The van der Waals surface area contributed by atoms with Crippen LogP contribution in [-0.2, 0) is 11.2 Å². The molecule has 0 saturated carbocycles. The number of nitrogens with one attached hydrogen (secondary N) is 1. The standard InChI is InChI=1S/C15H23NO2/c1-12-4-5-14(17-3)13(8-12)9-15(10-16-2)6-7-18-11-15/h4-5,8,16H,6-7,9-11H2,1-3H3. The lowest BCUT2D eigenvalue weighted by Crippen LogP contribution is -2.35. The van der Waals surface area contributed by atoms with Gasteiger partial charge in [0.2, 0.25) is 0 Å². The molecule has 0 spiro atoms. The number of rotatable bonds is 5. The van der Waals surface area contributed by atoms with E-state index in [0.717, 1.165) is 38.3 Å². The first-order chi connectivity index (χ1) is 8.69. The van der Waals surface area contributed by atoms with Crippen LogP contribution in [0.2, 0.25) is 0 Å². The Morgan fingerprint density at radius 3 is 2.89 bits per heavy atom. The molecule has 100 valence electrons. The first kappa shape index (κ1) is 13.4. The van der Waals surface area contributed by atoms with E-state index in [9.17, 15) is 0 Å². The summed E-state index contributed by atoms with van der Waals surface area (Å²) in [4.78, 5) is 0. The summed E-state index contributed by atoms with van der Waals surface area (Å²) >= 11 is 0. The molecule has 0 amide bonds. The number of benzene rings is 1. The van der Waals surface area contributed by atoms with Crippen LogP contribution >= 0.6 is 0 Å². The molecule has 0 bridgehead atoms. The largest absolute Gasteiger partial charge is 0.496 e. The van der Waals surface area contributed by atoms with Crippen LogP contribution in [0.25, 0.3) is 0 Å². The van der Waals surface area contributed by atoms with E-state index in [1.807, 2.05) is 7.05 Å². The van der Waals surface area contributed by atoms with Gasteiger partial charge in [-0.2, -0.15) is 0 Å². The van der Waals surface area contributed by atoms with Crippen LogP contribution in [-0.4, -0.2) is 33.9 Å². The summed E-state index contributed by atoms with van der Waals surface area (Å²) in [6.07, 6.45) is 2.13. The average molecular weight is 249 g/mol. The number of hydrogen-bond acceptors (Lipinski definition) is 3. The van der Waals surface area contributed by atoms with Crippen LogP contribution in [0.15, 0.2) is 18.2 Å². The summed E-state index contributed by atoms with van der Waals surface area (Å²) in [6, 6.07) is 6.39. The van der Waals surface area contributed by atoms with E-state index >= 15 is 0 Å². The highest BCUT2D eigenvalue weighted by atomic mass is 16.5. The van der Waals surface area contributed by atoms with Crippen molar-refractivity contribution in [2.75, 3.05) is 33.9 Å². The molecule has 2 rings (SSSR count). The lowest BCUT2D eigenvalue weighted by Gasteiger charge is -2.28. The SMILES string of the molecule is CNCC1(Cc2cc(C)ccc2OC)CCOC1. The summed E-state index contributed by atoms with van der Waals surface area (Å²) < 4.78 is 11.1. The van der Waals surface area contributed by atoms with E-state index in [2.05, 4.69) is 30.4 Å². The molecule has 3 heteroatoms. The van der Waals surface area contributed by atoms with Gasteiger partial charge in [0, 0.05) is 18.6 Å². The Bertz CT molecular complexity index is 397. The highest BCUT2D eigenvalue weighted by molar-refractivity contribution is 5.37. The molecule has 1 aromatic rings. The van der Waals surface area contributed by atoms with Gasteiger partial charge in [-0.05, 0) is 38.4 Å². The molecule has 18 heavy (non-hydrogen) atoms. The van der Waals surface area contributed by atoms with Crippen molar-refractivity contribution in [3.63, 3.8) is 0 Å². The maximum absolute atomic E-state index is 5.61. The Labute approximate surface area is 109 Å². The number of ether oxygens (including phenoxy) is 2. The minimum absolute atomic E-state index is 0.218. The lowest BCUT2D eigenvalue weighted by atomic mass is 9.80. The normalized spacial score (nSPS) is 23.3. The monoisotopic (exact) mass is 249 g/mol. The third-order valence-electron chi connectivity index (χ3n) is 3.74. The van der Waals surface area contributed by atoms with Gasteiger partial charge in [0.1, 0.15) is 5.75 Å². The minimum atomic E-state index is 0.218. The highest BCUT2D eigenvalue weighted by Gasteiger charge is 2.35. The maximum Gasteiger partial charge on any atom is 0.122 e. The van der Waals surface area contributed by atoms with E-state index in [1.54, 1.807) is 7.11 Å². The Morgan fingerprint density at radius 2 is 2.28 bits per heavy atom. The molecule has 1 N–H and O–H groups in total. The molecule has 1 aliphatic rings. The second-order valence-corrected chi connectivity index (χ2v) is 5.32. The average Bonchev–Trinajstić information content (AvgIpc) is 2.78. The summed E-state index contributed by atoms with van der Waals surface area (Å²) in [5.41, 5.74) is 2.79. The predicted octanol–water partition coefficient (Wildman–Crippen LogP) is 2.17. The Hall–Kier alpha value is -1.06. The van der Waals surface area contributed by atoms with Gasteiger partial charge in [-0.3, -0.25) is 0 Å². The van der Waals surface area contributed by atoms with Crippen molar-refractivity contribution in [3.8, 4) is 5.75 Å². The van der Waals surface area contributed by atoms with E-state index in [-0.39, 0.29) is 5.41 Å². The van der Waals surface area contributed by atoms with Crippen molar-refractivity contribution in [2.45, 2.75) is 19.8 Å². The molecule has 1 aromatic carbocycles. The Morgan fingerprint density at radius 1 is 1.44 bits per heavy atom. The van der Waals surface area contributed by atoms with Crippen molar-refractivity contribution in [3.05, 3.63) is 29.3 Å². The molecule has 1 saturated heterocycles. The van der Waals surface area contributed by atoms with Gasteiger partial charge < -0.3 is 14.8 Å². The summed E-state index contributed by atoms with van der Waals surface area (Å²) in [6.45, 7) is 4.82. The Kier molecular flexibility index (Phi) is 4.25. The lowest BCUT2D eigenvalue weighted by molar-refractivity contribution is 0.150. The van der Waals surface area contributed by atoms with Crippen molar-refractivity contribution < 1.29 is 9.47 Å². The van der Waals surface area contributed by atoms with E-state index in [4.69, 9.17) is 9.47 Å². The first-order valence-corrected chi connectivity index (χ1v) is 6.55. The molecule has 0 aliphatic carbocycles. The molecule has 1 unspecified atom stereocenters. The van der Waals surface area contributed by atoms with Crippen LogP contribution < -0.4 is 10.1 Å². The topological polar surface area (TPSA) is 30.5 Å². The second-order valence-electron chi connectivity index (χ2n) is 5.32. The van der Waals surface area contributed by atoms with Gasteiger partial charge in [-0.15, -0.1) is 0 Å². The van der Waals surface area contributed by atoms with Gasteiger partial charge >= 0.3 is 0 Å². The molecule has 0 radical (unpaired) electrons. The fourth-order valence-corrected chi connectivity index (χ4v) is 2.82. The molecular weight excluding hydrogens is 226 g/mol. The Balaban J connectivity index is 2.23. The minimum Gasteiger partial charge on any atom is -0.496 e. The van der Waals surface area contributed by atoms with Crippen molar-refractivity contribution >= 4 is 0 Å². The van der Waals surface area contributed by atoms with Gasteiger partial charge in [-0.1, -0.05) is 17.7 Å². The van der Waals surface area contributed by atoms with Gasteiger partial charge in [0.15, 0.2) is 0 Å². The van der Waals surface area contributed by atoms with E-state index in [1.165, 1.54) is 11.1 Å². The van der Waals surface area contributed by atoms with Crippen LogP contribution in [0.1, 0.15) is 17.5 Å². The number of aryl methyl sites for hydroxylation is 1. The zero-order valence-electron chi connectivity index (χ0n) is 11.6. The van der Waals surface area contributed by atoms with Crippen LogP contribution in [0, 0.1) is 12.3 Å². The van der Waals surface area contributed by atoms with Gasteiger partial charge in [0.25, 0.3) is 0 Å². The highest BCUT2D eigenvalue weighted by Crippen LogP contribution is 2.35. The quantitative estimate of drug-likeness (QED) is 0.867. The second kappa shape index (κ2) is 5.72. The maximum atomic E-state index is 5.61. The predicted molar refractivity (Wildman–Crippen MR) is 73.2 cm³/mol. The van der Waals surface area contributed by atoms with Crippen LogP contribution in [0.5, 0.6) is 5.75 Å². The molecule has 1 atom stereocenters. The van der Waals surface area contributed by atoms with Gasteiger partial charge in [-0.25, -0.2) is 0 Å². The molecular formula is C15H23NO2. The molecule has 1 fully saturated rings. The number of hydrogen-bond donors (Lipinski definition) is 1. The molecule has 0 aromatic heterocycles. The first-order valence-electron chi connectivity index (χ1n) is 6.55. The van der Waals surface area contributed by atoms with Gasteiger partial charge in [0.05, 0.1) is 13.7 Å². The van der Waals surface area contributed by atoms with Crippen molar-refractivity contribution in [2.24, 2.45) is 5.41 Å². The zero-order valence-corrected chi connectivity index (χ0v) is 11.6. The fraction of sp³-hybridized carbons (Fsp3) is 0.600. The molecule has 1 aliphatic heterocycles. The molecule has 1 heterocycles. The third-order valence-corrected chi connectivity index (χ3v) is 3.74. The summed E-state index contributed by atoms with van der Waals surface area (Å²) in [5, 5.41) is 3.30. The zero-order chi connectivity index (χ0) is 13.0. The third kappa shape index (κ3) is 2.85. The van der Waals surface area contributed by atoms with E-state index < -0.39 is 0 Å². The fourth-order valence-electron chi connectivity index (χ4n) is 2.82. The van der Waals surface area contributed by atoms with Crippen LogP contribution in [0.3, 0.4) is 0 Å². The molecule has 3 nitrogen and oxygen atoms in total.